The number of hydrogen-bond acceptors (Lipinski definition) is 2. The van der Waals surface area contributed by atoms with Crippen LogP contribution in [0, 0.1) is 11.7 Å². The molecule has 4 heteroatoms. The highest BCUT2D eigenvalue weighted by atomic mass is 19.1. The zero-order valence-corrected chi connectivity index (χ0v) is 11.2. The van der Waals surface area contributed by atoms with Gasteiger partial charge in [-0.1, -0.05) is 19.3 Å². The Morgan fingerprint density at radius 2 is 2.11 bits per heavy atom. The summed E-state index contributed by atoms with van der Waals surface area (Å²) >= 11 is 0. The molecule has 0 spiro atoms. The molecule has 3 rings (SSSR count). The van der Waals surface area contributed by atoms with Gasteiger partial charge in [-0.3, -0.25) is 0 Å². The maximum atomic E-state index is 13.1. The smallest absolute Gasteiger partial charge is 0.201 e. The Morgan fingerprint density at radius 1 is 1.32 bits per heavy atom. The Labute approximate surface area is 112 Å². The summed E-state index contributed by atoms with van der Waals surface area (Å²) in [6.07, 6.45) is 6.63. The largest absolute Gasteiger partial charge is 0.353 e. The van der Waals surface area contributed by atoms with Gasteiger partial charge in [0.25, 0.3) is 0 Å². The van der Waals surface area contributed by atoms with Crippen LogP contribution in [0.15, 0.2) is 18.2 Å². The Balaban J connectivity index is 1.73. The van der Waals surface area contributed by atoms with Gasteiger partial charge in [-0.15, -0.1) is 0 Å². The molecule has 0 amide bonds. The van der Waals surface area contributed by atoms with Crippen LogP contribution in [-0.2, 0) is 0 Å². The maximum absolute atomic E-state index is 13.1. The van der Waals surface area contributed by atoms with Crippen molar-refractivity contribution in [3.8, 4) is 0 Å². The summed E-state index contributed by atoms with van der Waals surface area (Å²) in [6, 6.07) is 5.04. The molecule has 19 heavy (non-hydrogen) atoms. The second-order valence-electron chi connectivity index (χ2n) is 5.58. The van der Waals surface area contributed by atoms with Crippen LogP contribution in [0.4, 0.5) is 10.3 Å². The Bertz CT molecular complexity index is 558. The number of aromatic nitrogens is 2. The number of nitrogens with zero attached hydrogens (tertiary/aromatic N) is 1. The number of nitrogens with one attached hydrogen (secondary N) is 2. The van der Waals surface area contributed by atoms with Gasteiger partial charge in [-0.2, -0.15) is 0 Å². The molecule has 1 aromatic carbocycles. The lowest BCUT2D eigenvalue weighted by atomic mass is 9.85. The molecule has 1 atom stereocenters. The molecule has 0 bridgehead atoms. The molecule has 1 aliphatic rings. The van der Waals surface area contributed by atoms with Crippen molar-refractivity contribution in [2.75, 3.05) is 5.32 Å². The highest BCUT2D eigenvalue weighted by molar-refractivity contribution is 5.77. The van der Waals surface area contributed by atoms with Gasteiger partial charge in [0, 0.05) is 6.04 Å². The first-order valence-electron chi connectivity index (χ1n) is 7.14. The Kier molecular flexibility index (Phi) is 3.40. The summed E-state index contributed by atoms with van der Waals surface area (Å²) in [7, 11) is 0. The molecule has 3 nitrogen and oxygen atoms in total. The van der Waals surface area contributed by atoms with E-state index < -0.39 is 0 Å². The predicted molar refractivity (Wildman–Crippen MR) is 75.7 cm³/mol. The third-order valence-corrected chi connectivity index (χ3v) is 4.17. The van der Waals surface area contributed by atoms with Crippen molar-refractivity contribution < 1.29 is 4.39 Å². The van der Waals surface area contributed by atoms with E-state index >= 15 is 0 Å². The van der Waals surface area contributed by atoms with Crippen molar-refractivity contribution in [2.45, 2.75) is 45.1 Å². The monoisotopic (exact) mass is 261 g/mol. The topological polar surface area (TPSA) is 40.7 Å². The van der Waals surface area contributed by atoms with E-state index in [0.717, 1.165) is 22.9 Å². The van der Waals surface area contributed by atoms with E-state index in [1.54, 1.807) is 6.07 Å². The molecule has 0 radical (unpaired) electrons. The lowest BCUT2D eigenvalue weighted by molar-refractivity contribution is 0.328. The van der Waals surface area contributed by atoms with E-state index in [2.05, 4.69) is 22.2 Å². The number of aromatic amines is 1. The van der Waals surface area contributed by atoms with Gasteiger partial charge in [0.2, 0.25) is 5.95 Å². The minimum Gasteiger partial charge on any atom is -0.353 e. The van der Waals surface area contributed by atoms with Crippen molar-refractivity contribution in [2.24, 2.45) is 5.92 Å². The molecule has 1 aromatic heterocycles. The molecule has 1 saturated carbocycles. The molecule has 1 unspecified atom stereocenters. The number of imidazole rings is 1. The van der Waals surface area contributed by atoms with E-state index in [1.165, 1.54) is 44.2 Å². The van der Waals surface area contributed by atoms with Crippen molar-refractivity contribution >= 4 is 17.0 Å². The summed E-state index contributed by atoms with van der Waals surface area (Å²) in [5, 5.41) is 3.43. The van der Waals surface area contributed by atoms with Crippen molar-refractivity contribution in [3.05, 3.63) is 24.0 Å². The highest BCUT2D eigenvalue weighted by Gasteiger charge is 2.20. The third-order valence-electron chi connectivity index (χ3n) is 4.17. The lowest BCUT2D eigenvalue weighted by Crippen LogP contribution is -2.28. The van der Waals surface area contributed by atoms with Crippen LogP contribution in [0.25, 0.3) is 11.0 Å². The second-order valence-corrected chi connectivity index (χ2v) is 5.58. The quantitative estimate of drug-likeness (QED) is 0.874. The summed E-state index contributed by atoms with van der Waals surface area (Å²) in [5.74, 6) is 1.24. The fraction of sp³-hybridized carbons (Fsp3) is 0.533. The normalized spacial score (nSPS) is 18.6. The first-order valence-corrected chi connectivity index (χ1v) is 7.14. The SMILES string of the molecule is CC(Nc1nc2ccc(F)cc2[nH]1)C1CCCCC1. The second kappa shape index (κ2) is 5.19. The molecule has 1 fully saturated rings. The predicted octanol–water partition coefficient (Wildman–Crippen LogP) is 4.08. The third kappa shape index (κ3) is 2.72. The molecular formula is C15H20FN3. The van der Waals surface area contributed by atoms with Crippen LogP contribution in [0.3, 0.4) is 0 Å². The first-order chi connectivity index (χ1) is 9.22. The molecule has 2 aromatic rings. The van der Waals surface area contributed by atoms with E-state index in [0.29, 0.717) is 6.04 Å². The van der Waals surface area contributed by atoms with Crippen LogP contribution < -0.4 is 5.32 Å². The fourth-order valence-electron chi connectivity index (χ4n) is 3.02. The van der Waals surface area contributed by atoms with Crippen molar-refractivity contribution in [1.82, 2.24) is 9.97 Å². The van der Waals surface area contributed by atoms with Gasteiger partial charge >= 0.3 is 0 Å². The maximum Gasteiger partial charge on any atom is 0.201 e. The number of anilines is 1. The lowest BCUT2D eigenvalue weighted by Gasteiger charge is -2.28. The van der Waals surface area contributed by atoms with E-state index in [4.69, 9.17) is 0 Å². The van der Waals surface area contributed by atoms with Gasteiger partial charge in [0.1, 0.15) is 5.82 Å². The van der Waals surface area contributed by atoms with Crippen molar-refractivity contribution in [3.63, 3.8) is 0 Å². The summed E-state index contributed by atoms with van der Waals surface area (Å²) < 4.78 is 13.1. The van der Waals surface area contributed by atoms with Crippen LogP contribution in [0.2, 0.25) is 0 Å². The van der Waals surface area contributed by atoms with Crippen molar-refractivity contribution in [1.29, 1.82) is 0 Å². The average Bonchev–Trinajstić information content (AvgIpc) is 2.81. The number of H-pyrrole nitrogens is 1. The molecule has 1 heterocycles. The number of halogens is 1. The van der Waals surface area contributed by atoms with Crippen LogP contribution in [0.5, 0.6) is 0 Å². The van der Waals surface area contributed by atoms with Gasteiger partial charge < -0.3 is 10.3 Å². The van der Waals surface area contributed by atoms with Crippen LogP contribution in [0.1, 0.15) is 39.0 Å². The van der Waals surface area contributed by atoms with E-state index in [-0.39, 0.29) is 5.82 Å². The number of benzene rings is 1. The summed E-state index contributed by atoms with van der Waals surface area (Å²) in [5.41, 5.74) is 1.55. The number of rotatable bonds is 3. The minimum absolute atomic E-state index is 0.233. The molecule has 2 N–H and O–H groups in total. The van der Waals surface area contributed by atoms with Gasteiger partial charge in [0.05, 0.1) is 11.0 Å². The first kappa shape index (κ1) is 12.5. The Hall–Kier alpha value is -1.58. The minimum atomic E-state index is -0.233. The summed E-state index contributed by atoms with van der Waals surface area (Å²) in [4.78, 5) is 7.60. The molecule has 0 saturated heterocycles. The van der Waals surface area contributed by atoms with E-state index in [1.807, 2.05) is 0 Å². The molecule has 1 aliphatic carbocycles. The molecule has 102 valence electrons. The molecular weight excluding hydrogens is 241 g/mol. The standard InChI is InChI=1S/C15H20FN3/c1-10(11-5-3-2-4-6-11)17-15-18-13-8-7-12(16)9-14(13)19-15/h7-11H,2-6H2,1H3,(H2,17,18,19). The zero-order chi connectivity index (χ0) is 13.2. The summed E-state index contributed by atoms with van der Waals surface area (Å²) in [6.45, 7) is 2.21. The zero-order valence-electron chi connectivity index (χ0n) is 11.2. The van der Waals surface area contributed by atoms with Gasteiger partial charge in [-0.25, -0.2) is 9.37 Å². The average molecular weight is 261 g/mol. The van der Waals surface area contributed by atoms with Crippen LogP contribution >= 0.6 is 0 Å². The van der Waals surface area contributed by atoms with Gasteiger partial charge in [-0.05, 0) is 43.9 Å². The Morgan fingerprint density at radius 3 is 2.89 bits per heavy atom. The van der Waals surface area contributed by atoms with Gasteiger partial charge in [0.15, 0.2) is 0 Å². The fourth-order valence-corrected chi connectivity index (χ4v) is 3.02. The molecule has 0 aliphatic heterocycles. The highest BCUT2D eigenvalue weighted by Crippen LogP contribution is 2.28. The van der Waals surface area contributed by atoms with Crippen LogP contribution in [-0.4, -0.2) is 16.0 Å². The van der Waals surface area contributed by atoms with E-state index in [9.17, 15) is 4.39 Å². The number of hydrogen-bond donors (Lipinski definition) is 2. The number of fused-ring (bicyclic) bond motifs is 1.